The van der Waals surface area contributed by atoms with E-state index in [4.69, 9.17) is 9.47 Å². The standard InChI is InChI=1S/C29H35FO4/c1-2-3-20-4-6-23(7-5-20)28(31)33-26-16-10-21(11-17-26)22-12-18-27(19-13-22)34-29(32)24-8-14-25(30)15-9-24/h4-9,14-15,21-22,26-27H,2-3,10-13,16-19H2,1H3. The van der Waals surface area contributed by atoms with Crippen LogP contribution in [0.15, 0.2) is 48.5 Å². The fraction of sp³-hybridized carbons (Fsp3) is 0.517. The average Bonchev–Trinajstić information content (AvgIpc) is 2.86. The Morgan fingerprint density at radius 3 is 1.53 bits per heavy atom. The van der Waals surface area contributed by atoms with Crippen molar-refractivity contribution in [3.63, 3.8) is 0 Å². The van der Waals surface area contributed by atoms with Crippen molar-refractivity contribution < 1.29 is 23.5 Å². The van der Waals surface area contributed by atoms with Gasteiger partial charge in [0.2, 0.25) is 0 Å². The number of hydrogen-bond donors (Lipinski definition) is 0. The number of esters is 2. The minimum atomic E-state index is -0.370. The highest BCUT2D eigenvalue weighted by Crippen LogP contribution is 2.39. The van der Waals surface area contributed by atoms with Crippen LogP contribution in [0.25, 0.3) is 0 Å². The summed E-state index contributed by atoms with van der Waals surface area (Å²) in [4.78, 5) is 24.8. The molecule has 0 radical (unpaired) electrons. The third-order valence-corrected chi connectivity index (χ3v) is 7.46. The van der Waals surface area contributed by atoms with Crippen LogP contribution >= 0.6 is 0 Å². The first kappa shape index (κ1) is 24.4. The van der Waals surface area contributed by atoms with Crippen molar-refractivity contribution in [3.8, 4) is 0 Å². The Labute approximate surface area is 201 Å². The Morgan fingerprint density at radius 2 is 1.12 bits per heavy atom. The number of halogens is 1. The van der Waals surface area contributed by atoms with E-state index in [1.165, 1.54) is 29.8 Å². The summed E-state index contributed by atoms with van der Waals surface area (Å²) in [6, 6.07) is 13.3. The topological polar surface area (TPSA) is 52.6 Å². The normalized spacial score (nSPS) is 24.9. The molecule has 2 fully saturated rings. The van der Waals surface area contributed by atoms with Gasteiger partial charge in [-0.1, -0.05) is 25.5 Å². The molecule has 0 N–H and O–H groups in total. The summed E-state index contributed by atoms with van der Waals surface area (Å²) in [5.74, 6) is 0.351. The minimum Gasteiger partial charge on any atom is -0.459 e. The van der Waals surface area contributed by atoms with Gasteiger partial charge < -0.3 is 9.47 Å². The maximum atomic E-state index is 13.1. The second-order valence-electron chi connectivity index (χ2n) is 9.84. The maximum Gasteiger partial charge on any atom is 0.338 e. The quantitative estimate of drug-likeness (QED) is 0.416. The molecule has 0 aliphatic heterocycles. The van der Waals surface area contributed by atoms with Gasteiger partial charge in [-0.2, -0.15) is 0 Å². The largest absolute Gasteiger partial charge is 0.459 e. The summed E-state index contributed by atoms with van der Waals surface area (Å²) in [6.45, 7) is 2.15. The molecule has 182 valence electrons. The van der Waals surface area contributed by atoms with Crippen LogP contribution in [0, 0.1) is 17.7 Å². The van der Waals surface area contributed by atoms with Crippen molar-refractivity contribution in [2.75, 3.05) is 0 Å². The van der Waals surface area contributed by atoms with E-state index in [9.17, 15) is 14.0 Å². The second-order valence-corrected chi connectivity index (χ2v) is 9.84. The molecule has 0 aromatic heterocycles. The van der Waals surface area contributed by atoms with E-state index < -0.39 is 0 Å². The van der Waals surface area contributed by atoms with Crippen LogP contribution in [0.2, 0.25) is 0 Å². The van der Waals surface area contributed by atoms with Crippen molar-refractivity contribution in [2.45, 2.75) is 83.3 Å². The van der Waals surface area contributed by atoms with Gasteiger partial charge in [-0.25, -0.2) is 14.0 Å². The van der Waals surface area contributed by atoms with E-state index >= 15 is 0 Å². The highest BCUT2D eigenvalue weighted by atomic mass is 19.1. The zero-order valence-corrected chi connectivity index (χ0v) is 20.0. The summed E-state index contributed by atoms with van der Waals surface area (Å²) in [7, 11) is 0. The molecular weight excluding hydrogens is 431 g/mol. The molecular formula is C29H35FO4. The first-order chi connectivity index (χ1) is 16.5. The Morgan fingerprint density at radius 1 is 0.706 bits per heavy atom. The Hall–Kier alpha value is -2.69. The van der Waals surface area contributed by atoms with Crippen molar-refractivity contribution >= 4 is 11.9 Å². The van der Waals surface area contributed by atoms with Gasteiger partial charge in [0, 0.05) is 0 Å². The van der Waals surface area contributed by atoms with Crippen LogP contribution in [0.3, 0.4) is 0 Å². The second kappa shape index (κ2) is 11.6. The molecule has 4 nitrogen and oxygen atoms in total. The lowest BCUT2D eigenvalue weighted by Gasteiger charge is -2.37. The number of carbonyl (C=O) groups excluding carboxylic acids is 2. The molecule has 2 saturated carbocycles. The SMILES string of the molecule is CCCc1ccc(C(=O)OC2CCC(C3CCC(OC(=O)c4ccc(F)cc4)CC3)CC2)cc1. The molecule has 2 aromatic rings. The van der Waals surface area contributed by atoms with Crippen LogP contribution in [0.4, 0.5) is 4.39 Å². The fourth-order valence-corrected chi connectivity index (χ4v) is 5.48. The predicted octanol–water partition coefficient (Wildman–Crippen LogP) is 6.91. The average molecular weight is 467 g/mol. The van der Waals surface area contributed by atoms with Gasteiger partial charge in [0.15, 0.2) is 0 Å². The summed E-state index contributed by atoms with van der Waals surface area (Å²) in [6.07, 6.45) is 9.93. The number of rotatable bonds is 7. The van der Waals surface area contributed by atoms with E-state index in [0.717, 1.165) is 64.2 Å². The molecule has 34 heavy (non-hydrogen) atoms. The highest BCUT2D eigenvalue weighted by Gasteiger charge is 2.33. The molecule has 0 saturated heterocycles. The molecule has 0 heterocycles. The Balaban J connectivity index is 1.17. The van der Waals surface area contributed by atoms with Crippen LogP contribution in [0.1, 0.15) is 91.0 Å². The van der Waals surface area contributed by atoms with Crippen LogP contribution < -0.4 is 0 Å². The lowest BCUT2D eigenvalue weighted by molar-refractivity contribution is -0.000153. The molecule has 0 atom stereocenters. The molecule has 5 heteroatoms. The summed E-state index contributed by atoms with van der Waals surface area (Å²) in [5, 5.41) is 0. The molecule has 2 aliphatic carbocycles. The van der Waals surface area contributed by atoms with E-state index in [0.29, 0.717) is 23.0 Å². The van der Waals surface area contributed by atoms with Gasteiger partial charge in [0.25, 0.3) is 0 Å². The fourth-order valence-electron chi connectivity index (χ4n) is 5.48. The number of hydrogen-bond acceptors (Lipinski definition) is 4. The third-order valence-electron chi connectivity index (χ3n) is 7.46. The molecule has 0 amide bonds. The van der Waals surface area contributed by atoms with Gasteiger partial charge in [-0.3, -0.25) is 0 Å². The van der Waals surface area contributed by atoms with E-state index in [-0.39, 0.29) is 30.0 Å². The van der Waals surface area contributed by atoms with E-state index in [1.54, 1.807) is 0 Å². The lowest BCUT2D eigenvalue weighted by atomic mass is 9.72. The smallest absolute Gasteiger partial charge is 0.338 e. The number of ether oxygens (including phenoxy) is 2. The van der Waals surface area contributed by atoms with E-state index in [1.807, 2.05) is 24.3 Å². The van der Waals surface area contributed by atoms with Crippen molar-refractivity contribution in [3.05, 3.63) is 71.0 Å². The lowest BCUT2D eigenvalue weighted by Crippen LogP contribution is -2.32. The monoisotopic (exact) mass is 466 g/mol. The van der Waals surface area contributed by atoms with Gasteiger partial charge in [0.05, 0.1) is 11.1 Å². The summed E-state index contributed by atoms with van der Waals surface area (Å²) < 4.78 is 24.5. The molecule has 4 rings (SSSR count). The zero-order valence-electron chi connectivity index (χ0n) is 20.0. The summed E-state index contributed by atoms with van der Waals surface area (Å²) in [5.41, 5.74) is 2.28. The van der Waals surface area contributed by atoms with Crippen molar-refractivity contribution in [1.82, 2.24) is 0 Å². The number of benzene rings is 2. The molecule has 0 bridgehead atoms. The number of aryl methyl sites for hydroxylation is 1. The van der Waals surface area contributed by atoms with Gasteiger partial charge in [0.1, 0.15) is 18.0 Å². The van der Waals surface area contributed by atoms with Crippen molar-refractivity contribution in [1.29, 1.82) is 0 Å². The molecule has 0 unspecified atom stereocenters. The predicted molar refractivity (Wildman–Crippen MR) is 129 cm³/mol. The molecule has 2 aromatic carbocycles. The van der Waals surface area contributed by atoms with Gasteiger partial charge in [-0.15, -0.1) is 0 Å². The first-order valence-corrected chi connectivity index (χ1v) is 12.8. The molecule has 0 spiro atoms. The van der Waals surface area contributed by atoms with Gasteiger partial charge >= 0.3 is 11.9 Å². The van der Waals surface area contributed by atoms with Crippen LogP contribution in [-0.4, -0.2) is 24.1 Å². The van der Waals surface area contributed by atoms with E-state index in [2.05, 4.69) is 6.92 Å². The number of carbonyl (C=O) groups is 2. The molecule has 2 aliphatic rings. The minimum absolute atomic E-state index is 0.00655. The Kier molecular flexibility index (Phi) is 8.36. The highest BCUT2D eigenvalue weighted by molar-refractivity contribution is 5.90. The zero-order chi connectivity index (χ0) is 23.9. The Bertz CT molecular complexity index is 937. The van der Waals surface area contributed by atoms with Gasteiger partial charge in [-0.05, 0) is 112 Å². The third kappa shape index (κ3) is 6.46. The first-order valence-electron chi connectivity index (χ1n) is 12.8. The van der Waals surface area contributed by atoms with Crippen LogP contribution in [-0.2, 0) is 15.9 Å². The van der Waals surface area contributed by atoms with Crippen LogP contribution in [0.5, 0.6) is 0 Å². The van der Waals surface area contributed by atoms with Crippen molar-refractivity contribution in [2.24, 2.45) is 11.8 Å². The maximum absolute atomic E-state index is 13.1. The summed E-state index contributed by atoms with van der Waals surface area (Å²) >= 11 is 0.